The van der Waals surface area contributed by atoms with Crippen LogP contribution in [-0.2, 0) is 28.4 Å². The van der Waals surface area contributed by atoms with Crippen molar-refractivity contribution in [2.75, 3.05) is 26.4 Å². The smallest absolute Gasteiger partial charge is 0.187 e. The van der Waals surface area contributed by atoms with Crippen molar-refractivity contribution in [2.45, 2.75) is 204 Å². The third-order valence-electron chi connectivity index (χ3n) is 18.9. The molecule has 0 aromatic carbocycles. The van der Waals surface area contributed by atoms with Crippen molar-refractivity contribution in [3.8, 4) is 0 Å². The van der Waals surface area contributed by atoms with E-state index < -0.39 is 128 Å². The molecule has 3 saturated carbocycles. The second kappa shape index (κ2) is 18.1. The van der Waals surface area contributed by atoms with Gasteiger partial charge in [-0.25, -0.2) is 0 Å². The van der Waals surface area contributed by atoms with E-state index in [-0.39, 0.29) is 46.7 Å². The van der Waals surface area contributed by atoms with Gasteiger partial charge in [-0.3, -0.25) is 0 Å². The van der Waals surface area contributed by atoms with Crippen LogP contribution in [0.4, 0.5) is 0 Å². The summed E-state index contributed by atoms with van der Waals surface area (Å²) < 4.78 is 36.1. The lowest BCUT2D eigenvalue weighted by molar-refractivity contribution is -0.374. The first-order chi connectivity index (χ1) is 30.9. The summed E-state index contributed by atoms with van der Waals surface area (Å²) in [6.45, 7) is 13.3. The minimum Gasteiger partial charge on any atom is -0.396 e. The van der Waals surface area contributed by atoms with E-state index in [1.54, 1.807) is 0 Å². The van der Waals surface area contributed by atoms with Crippen LogP contribution in [0.2, 0.25) is 0 Å². The van der Waals surface area contributed by atoms with Crippen LogP contribution in [0.5, 0.6) is 0 Å². The number of rotatable bonds is 10. The fraction of sp³-hybridized carbons (Fsp3) is 0.917. The highest BCUT2D eigenvalue weighted by molar-refractivity contribution is 5.47. The molecule has 3 aliphatic heterocycles. The van der Waals surface area contributed by atoms with Gasteiger partial charge in [-0.1, -0.05) is 59.3 Å². The molecule has 18 heteroatoms. The van der Waals surface area contributed by atoms with Gasteiger partial charge in [0.15, 0.2) is 18.9 Å². The fourth-order valence-electron chi connectivity index (χ4n) is 14.4. The summed E-state index contributed by atoms with van der Waals surface area (Å²) in [5.74, 6) is -0.0380. The molecule has 0 amide bonds. The summed E-state index contributed by atoms with van der Waals surface area (Å²) in [7, 11) is 0. The van der Waals surface area contributed by atoms with Crippen LogP contribution in [-0.4, -0.2) is 192 Å². The van der Waals surface area contributed by atoms with Crippen LogP contribution in [0, 0.1) is 44.3 Å². The SMILES string of the molecule is C[C@@H]1O[C@@H](O[C@H]2[C@H](O)[C@@H](O)[C@H](O[C@H]3CC[C@]4(C)[C@@H](CC[C@]5(C)[C@@H]4C=CC4=C6CC(C)(C)CC[C@]6(CO)[C@@H](O)C[C@]45C)[C@]3(C)CO)O[C@@H]2CO[C@@H]2O[C@H](CO)[C@@H](O)[C@H](O)[C@H]2O)[C@H](O)[C@H](O)[C@H]1O. The molecule has 378 valence electrons. The van der Waals surface area contributed by atoms with Gasteiger partial charge in [-0.05, 0) is 91.9 Å². The zero-order valence-corrected chi connectivity index (χ0v) is 39.4. The monoisotopic (exact) mass is 943 g/mol. The number of allylic oxidation sites excluding steroid dienone is 3. The van der Waals surface area contributed by atoms with E-state index in [2.05, 4.69) is 46.8 Å². The van der Waals surface area contributed by atoms with Crippen molar-refractivity contribution in [1.82, 2.24) is 0 Å². The largest absolute Gasteiger partial charge is 0.396 e. The molecular formula is C48H78O18. The van der Waals surface area contributed by atoms with Gasteiger partial charge < -0.3 is 89.7 Å². The number of aliphatic hydroxyl groups excluding tert-OH is 12. The second-order valence-electron chi connectivity index (χ2n) is 23.1. The molecule has 0 radical (unpaired) electrons. The summed E-state index contributed by atoms with van der Waals surface area (Å²) in [6, 6.07) is 0. The number of aliphatic hydroxyl groups is 12. The molecule has 0 bridgehead atoms. The average Bonchev–Trinajstić information content (AvgIpc) is 3.27. The molecular weight excluding hydrogens is 865 g/mol. The van der Waals surface area contributed by atoms with Gasteiger partial charge in [-0.2, -0.15) is 0 Å². The lowest BCUT2D eigenvalue weighted by Crippen LogP contribution is -2.67. The van der Waals surface area contributed by atoms with Crippen molar-refractivity contribution in [3.63, 3.8) is 0 Å². The highest BCUT2D eigenvalue weighted by Crippen LogP contribution is 2.74. The minimum absolute atomic E-state index is 0.0333. The molecule has 24 atom stereocenters. The van der Waals surface area contributed by atoms with Gasteiger partial charge in [0.1, 0.15) is 67.1 Å². The lowest BCUT2D eigenvalue weighted by atomic mass is 9.35. The second-order valence-corrected chi connectivity index (χ2v) is 23.1. The van der Waals surface area contributed by atoms with Gasteiger partial charge >= 0.3 is 0 Å². The van der Waals surface area contributed by atoms with E-state index in [1.165, 1.54) is 18.1 Å². The van der Waals surface area contributed by atoms with Gasteiger partial charge in [-0.15, -0.1) is 0 Å². The molecule has 5 aliphatic carbocycles. The van der Waals surface area contributed by atoms with Crippen molar-refractivity contribution in [1.29, 1.82) is 0 Å². The maximum Gasteiger partial charge on any atom is 0.187 e. The molecule has 8 aliphatic rings. The minimum atomic E-state index is -1.81. The van der Waals surface area contributed by atoms with Crippen LogP contribution >= 0.6 is 0 Å². The third kappa shape index (κ3) is 7.84. The average molecular weight is 943 g/mol. The standard InChI is InChI=1S/C48H78O18/c1-22-31(53)33(55)37(59)41(62-22)66-39-26(19-61-40-36(58)34(56)32(54)25(18-49)63-40)64-42(38(60)35(39)57)65-30-11-12-44(4)27(45(30,5)20-50)10-13-46(6)28(44)9-8-23-24-16-43(2,3)14-15-48(24,21-51)29(52)17-47(23,46)7/h8-9,22,25-42,49-60H,10-21H2,1-7H3/t22-,25+,26+,27+,28+,29-,30-,31-,32+,33+,34-,35+,36+,37+,38+,39+,40+,41-,42-,44+,45-,46+,47+,48+/m0/s1. The topological polar surface area (TPSA) is 298 Å². The van der Waals surface area contributed by atoms with Gasteiger partial charge in [0, 0.05) is 16.2 Å². The number of ether oxygens (including phenoxy) is 6. The molecule has 0 unspecified atom stereocenters. The Morgan fingerprint density at radius 1 is 0.652 bits per heavy atom. The van der Waals surface area contributed by atoms with Gasteiger partial charge in [0.05, 0.1) is 44.7 Å². The first-order valence-corrected chi connectivity index (χ1v) is 24.1. The number of fused-ring (bicyclic) bond motifs is 6. The van der Waals surface area contributed by atoms with E-state index >= 15 is 0 Å². The van der Waals surface area contributed by atoms with E-state index in [0.717, 1.165) is 32.1 Å². The van der Waals surface area contributed by atoms with Crippen molar-refractivity contribution < 1.29 is 89.7 Å². The van der Waals surface area contributed by atoms with Gasteiger partial charge in [0.2, 0.25) is 0 Å². The molecule has 3 heterocycles. The normalized spacial score (nSPS) is 54.8. The first kappa shape index (κ1) is 51.1. The van der Waals surface area contributed by atoms with E-state index in [1.807, 2.05) is 6.92 Å². The van der Waals surface area contributed by atoms with E-state index in [9.17, 15) is 61.3 Å². The molecule has 66 heavy (non-hydrogen) atoms. The molecule has 12 N–H and O–H groups in total. The quantitative estimate of drug-likeness (QED) is 0.123. The Balaban J connectivity index is 1.06. The van der Waals surface area contributed by atoms with E-state index in [0.29, 0.717) is 19.3 Å². The Morgan fingerprint density at radius 3 is 1.95 bits per heavy atom. The molecule has 0 spiro atoms. The number of hydrogen-bond donors (Lipinski definition) is 12. The Hall–Kier alpha value is -1.24. The molecule has 6 fully saturated rings. The third-order valence-corrected chi connectivity index (χ3v) is 18.9. The number of hydrogen-bond acceptors (Lipinski definition) is 18. The highest BCUT2D eigenvalue weighted by atomic mass is 16.8. The summed E-state index contributed by atoms with van der Waals surface area (Å²) in [5, 5.41) is 131. The summed E-state index contributed by atoms with van der Waals surface area (Å²) in [4.78, 5) is 0. The van der Waals surface area contributed by atoms with Crippen molar-refractivity contribution in [2.24, 2.45) is 44.3 Å². The predicted molar refractivity (Wildman–Crippen MR) is 231 cm³/mol. The zero-order valence-electron chi connectivity index (χ0n) is 39.4. The maximum atomic E-state index is 12.1. The van der Waals surface area contributed by atoms with Crippen LogP contribution in [0.25, 0.3) is 0 Å². The highest BCUT2D eigenvalue weighted by Gasteiger charge is 2.69. The lowest BCUT2D eigenvalue weighted by Gasteiger charge is -2.70. The van der Waals surface area contributed by atoms with Gasteiger partial charge in [0.25, 0.3) is 0 Å². The summed E-state index contributed by atoms with van der Waals surface area (Å²) in [5.41, 5.74) is -0.0774. The van der Waals surface area contributed by atoms with Crippen molar-refractivity contribution in [3.05, 3.63) is 23.3 Å². The Morgan fingerprint density at radius 2 is 1.29 bits per heavy atom. The molecule has 0 aromatic rings. The first-order valence-electron chi connectivity index (χ1n) is 24.1. The maximum absolute atomic E-state index is 12.1. The Kier molecular flexibility index (Phi) is 14.0. The fourth-order valence-corrected chi connectivity index (χ4v) is 14.4. The summed E-state index contributed by atoms with van der Waals surface area (Å²) in [6.07, 6.45) is -14.9. The van der Waals surface area contributed by atoms with E-state index in [4.69, 9.17) is 28.4 Å². The zero-order chi connectivity index (χ0) is 48.3. The van der Waals surface area contributed by atoms with Crippen LogP contribution in [0.15, 0.2) is 23.3 Å². The molecule has 3 saturated heterocycles. The Labute approximate surface area is 387 Å². The molecule has 8 rings (SSSR count). The summed E-state index contributed by atoms with van der Waals surface area (Å²) >= 11 is 0. The molecule has 18 nitrogen and oxygen atoms in total. The van der Waals surface area contributed by atoms with Crippen LogP contribution in [0.1, 0.15) is 99.8 Å². The van der Waals surface area contributed by atoms with Crippen LogP contribution < -0.4 is 0 Å². The van der Waals surface area contributed by atoms with Crippen LogP contribution in [0.3, 0.4) is 0 Å². The predicted octanol–water partition coefficient (Wildman–Crippen LogP) is -0.495. The Bertz CT molecular complexity index is 1810. The van der Waals surface area contributed by atoms with Crippen molar-refractivity contribution >= 4 is 0 Å². The molecule has 0 aromatic heterocycles.